The van der Waals surface area contributed by atoms with Gasteiger partial charge in [-0.3, -0.25) is 4.90 Å². The molecule has 3 atom stereocenters. The number of alkyl halides is 3. The number of piperazine rings is 1. The summed E-state index contributed by atoms with van der Waals surface area (Å²) in [5.41, 5.74) is 0.124. The number of aliphatic hydroxyl groups excluding tert-OH is 1. The van der Waals surface area contributed by atoms with Gasteiger partial charge in [0.05, 0.1) is 16.6 Å². The van der Waals surface area contributed by atoms with E-state index in [1.54, 1.807) is 0 Å². The predicted octanol–water partition coefficient (Wildman–Crippen LogP) is 3.52. The van der Waals surface area contributed by atoms with Gasteiger partial charge in [0.1, 0.15) is 5.52 Å². The van der Waals surface area contributed by atoms with Gasteiger partial charge in [0.15, 0.2) is 11.7 Å². The van der Waals surface area contributed by atoms with Crippen LogP contribution in [0.2, 0.25) is 0 Å². The minimum atomic E-state index is -4.79. The monoisotopic (exact) mass is 449 g/mol. The fraction of sp³-hybridized carbons (Fsp3) is 0.500. The Bertz CT molecular complexity index is 889. The van der Waals surface area contributed by atoms with E-state index in [1.165, 1.54) is 4.90 Å². The third kappa shape index (κ3) is 3.12. The van der Waals surface area contributed by atoms with E-state index < -0.39 is 18.4 Å². The highest BCUT2D eigenvalue weighted by Gasteiger charge is 2.44. The van der Waals surface area contributed by atoms with Crippen LogP contribution in [-0.4, -0.2) is 57.5 Å². The number of benzene rings is 1. The van der Waals surface area contributed by atoms with Crippen LogP contribution in [0.4, 0.5) is 24.0 Å². The molecular formula is C16H15BrF3N3O4. The number of amides is 1. The molecule has 2 fully saturated rings. The molecule has 0 spiro atoms. The van der Waals surface area contributed by atoms with Crippen LogP contribution in [-0.2, 0) is 0 Å². The van der Waals surface area contributed by atoms with Gasteiger partial charge in [0.2, 0.25) is 0 Å². The maximum absolute atomic E-state index is 12.8. The summed E-state index contributed by atoms with van der Waals surface area (Å²) in [6.45, 7) is 0.816. The second-order valence-electron chi connectivity index (χ2n) is 6.77. The van der Waals surface area contributed by atoms with Crippen LogP contribution < -0.4 is 4.90 Å². The zero-order valence-electron chi connectivity index (χ0n) is 13.8. The van der Waals surface area contributed by atoms with Crippen molar-refractivity contribution in [2.75, 3.05) is 18.0 Å². The molecule has 2 bridgehead atoms. The average molecular weight is 450 g/mol. The Hall–Kier alpha value is -2.01. The minimum absolute atomic E-state index is 0.165. The number of anilines is 1. The molecule has 0 radical (unpaired) electrons. The maximum Gasteiger partial charge on any atom is 0.418 e. The van der Waals surface area contributed by atoms with E-state index in [2.05, 4.69) is 20.9 Å². The highest BCUT2D eigenvalue weighted by atomic mass is 79.9. The topological polar surface area (TPSA) is 90.0 Å². The summed E-state index contributed by atoms with van der Waals surface area (Å²) in [7, 11) is 0. The van der Waals surface area contributed by atoms with E-state index in [0.29, 0.717) is 13.1 Å². The number of carboxylic acid groups (broad SMARTS) is 1. The lowest BCUT2D eigenvalue weighted by Gasteiger charge is -2.38. The molecule has 1 aromatic carbocycles. The highest BCUT2D eigenvalue weighted by Crippen LogP contribution is 2.38. The van der Waals surface area contributed by atoms with Crippen LogP contribution in [0.25, 0.3) is 11.1 Å². The number of hydrogen-bond acceptors (Lipinski definition) is 5. The zero-order valence-corrected chi connectivity index (χ0v) is 15.4. The van der Waals surface area contributed by atoms with Gasteiger partial charge in [-0.05, 0) is 46.5 Å². The van der Waals surface area contributed by atoms with Crippen molar-refractivity contribution in [3.63, 3.8) is 0 Å². The van der Waals surface area contributed by atoms with Crippen LogP contribution in [0.15, 0.2) is 21.0 Å². The molecule has 7 nitrogen and oxygen atoms in total. The largest absolute Gasteiger partial charge is 0.465 e. The van der Waals surface area contributed by atoms with E-state index in [9.17, 15) is 28.2 Å². The number of hydrogen-bond donors (Lipinski definition) is 2. The Morgan fingerprint density at radius 2 is 1.93 bits per heavy atom. The fourth-order valence-corrected chi connectivity index (χ4v) is 4.40. The summed E-state index contributed by atoms with van der Waals surface area (Å²) >= 11 is 3.17. The van der Waals surface area contributed by atoms with E-state index >= 15 is 0 Å². The predicted molar refractivity (Wildman–Crippen MR) is 91.6 cm³/mol. The molecule has 3 heterocycles. The molecule has 0 saturated carbocycles. The van der Waals surface area contributed by atoms with E-state index in [0.717, 1.165) is 25.0 Å². The second kappa shape index (κ2) is 6.26. The Morgan fingerprint density at radius 3 is 2.48 bits per heavy atom. The van der Waals surface area contributed by atoms with Crippen molar-refractivity contribution in [2.45, 2.75) is 37.2 Å². The Kier molecular flexibility index (Phi) is 4.26. The summed E-state index contributed by atoms with van der Waals surface area (Å²) in [6, 6.07) is 2.20. The van der Waals surface area contributed by atoms with E-state index in [4.69, 9.17) is 4.42 Å². The number of nitrogens with zero attached hydrogens (tertiary/aromatic N) is 3. The number of halogens is 4. The Morgan fingerprint density at radius 1 is 1.30 bits per heavy atom. The lowest BCUT2D eigenvalue weighted by Crippen LogP contribution is -2.55. The van der Waals surface area contributed by atoms with Crippen molar-refractivity contribution in [1.82, 2.24) is 9.88 Å². The van der Waals surface area contributed by atoms with Gasteiger partial charge in [-0.15, -0.1) is 0 Å². The molecule has 4 rings (SSSR count). The van der Waals surface area contributed by atoms with Crippen molar-refractivity contribution in [2.24, 2.45) is 0 Å². The van der Waals surface area contributed by atoms with Crippen molar-refractivity contribution >= 4 is 39.1 Å². The molecule has 1 aromatic heterocycles. The van der Waals surface area contributed by atoms with Crippen LogP contribution in [0, 0.1) is 0 Å². The van der Waals surface area contributed by atoms with Crippen molar-refractivity contribution in [3.05, 3.63) is 22.2 Å². The maximum atomic E-state index is 12.8. The first kappa shape index (κ1) is 18.4. The van der Waals surface area contributed by atoms with Crippen LogP contribution >= 0.6 is 15.9 Å². The third-order valence-electron chi connectivity index (χ3n) is 5.06. The highest BCUT2D eigenvalue weighted by molar-refractivity contribution is 9.10. The number of aliphatic hydroxyl groups is 1. The van der Waals surface area contributed by atoms with Gasteiger partial charge in [-0.2, -0.15) is 18.2 Å². The van der Waals surface area contributed by atoms with Gasteiger partial charge in [-0.1, -0.05) is 0 Å². The SMILES string of the molecule is O=C(O)N1C2CCC1CN(c1nc3cc(C(O)C(F)(F)F)cc(Br)c3o1)C2. The number of fused-ring (bicyclic) bond motifs is 3. The van der Waals surface area contributed by atoms with Crippen LogP contribution in [0.3, 0.4) is 0 Å². The van der Waals surface area contributed by atoms with Crippen LogP contribution in [0.1, 0.15) is 24.5 Å². The molecule has 2 aromatic rings. The lowest BCUT2D eigenvalue weighted by molar-refractivity contribution is -0.206. The smallest absolute Gasteiger partial charge is 0.418 e. The lowest BCUT2D eigenvalue weighted by atomic mass is 10.1. The summed E-state index contributed by atoms with van der Waals surface area (Å²) in [4.78, 5) is 18.9. The normalized spacial score (nSPS) is 23.9. The molecule has 2 aliphatic rings. The number of aromatic nitrogens is 1. The average Bonchev–Trinajstić information content (AvgIpc) is 3.12. The number of carbonyl (C=O) groups is 1. The standard InChI is InChI=1S/C16H15BrF3N3O4/c17-10-3-7(13(24)16(18,19)20)4-11-12(10)27-14(21-11)22-5-8-1-2-9(6-22)23(8)15(25)26/h3-4,8-9,13,24H,1-2,5-6H2,(H,25,26). The van der Waals surface area contributed by atoms with E-state index in [1.807, 2.05) is 4.90 Å². The number of rotatable bonds is 2. The van der Waals surface area contributed by atoms with Crippen molar-refractivity contribution < 1.29 is 32.6 Å². The Balaban J connectivity index is 1.65. The molecular weight excluding hydrogens is 435 g/mol. The Labute approximate surface area is 159 Å². The van der Waals surface area contributed by atoms with Gasteiger partial charge in [-0.25, -0.2) is 4.79 Å². The molecule has 11 heteroatoms. The summed E-state index contributed by atoms with van der Waals surface area (Å²) in [6.07, 6.45) is -6.86. The van der Waals surface area contributed by atoms with Crippen LogP contribution in [0.5, 0.6) is 0 Å². The zero-order chi connectivity index (χ0) is 19.5. The first-order valence-electron chi connectivity index (χ1n) is 8.26. The molecule has 1 amide bonds. The molecule has 146 valence electrons. The first-order chi connectivity index (χ1) is 12.6. The summed E-state index contributed by atoms with van der Waals surface area (Å²) in [5.74, 6) is 0. The first-order valence-corrected chi connectivity index (χ1v) is 9.05. The third-order valence-corrected chi connectivity index (χ3v) is 5.64. The molecule has 27 heavy (non-hydrogen) atoms. The van der Waals surface area contributed by atoms with Gasteiger partial charge in [0.25, 0.3) is 6.01 Å². The second-order valence-corrected chi connectivity index (χ2v) is 7.63. The van der Waals surface area contributed by atoms with Crippen molar-refractivity contribution in [1.29, 1.82) is 0 Å². The quantitative estimate of drug-likeness (QED) is 0.728. The molecule has 3 unspecified atom stereocenters. The van der Waals surface area contributed by atoms with Gasteiger partial charge in [0, 0.05) is 13.1 Å². The van der Waals surface area contributed by atoms with Crippen molar-refractivity contribution in [3.8, 4) is 0 Å². The molecule has 2 N–H and O–H groups in total. The minimum Gasteiger partial charge on any atom is -0.465 e. The molecule has 2 saturated heterocycles. The summed E-state index contributed by atoms with van der Waals surface area (Å²) in [5, 5.41) is 18.8. The van der Waals surface area contributed by atoms with Gasteiger partial charge < -0.3 is 19.5 Å². The molecule has 0 aliphatic carbocycles. The van der Waals surface area contributed by atoms with E-state index in [-0.39, 0.29) is 39.2 Å². The summed E-state index contributed by atoms with van der Waals surface area (Å²) < 4.78 is 44.3. The molecule has 2 aliphatic heterocycles. The number of oxazole rings is 1. The fourth-order valence-electron chi connectivity index (χ4n) is 3.85. The van der Waals surface area contributed by atoms with Gasteiger partial charge >= 0.3 is 12.3 Å².